The molecule has 5 nitrogen and oxygen atoms in total. The Bertz CT molecular complexity index is 448. The van der Waals surface area contributed by atoms with Crippen molar-refractivity contribution in [2.45, 2.75) is 18.9 Å². The number of ether oxygens (including phenoxy) is 1. The number of hydrogen-bond acceptors (Lipinski definition) is 4. The monoisotopic (exact) mass is 250 g/mol. The number of carbonyl (C=O) groups excluding carboxylic acids is 1. The first-order valence-electron chi connectivity index (χ1n) is 6.03. The van der Waals surface area contributed by atoms with E-state index in [0.29, 0.717) is 13.1 Å². The first-order chi connectivity index (χ1) is 8.63. The van der Waals surface area contributed by atoms with Crippen molar-refractivity contribution in [1.29, 1.82) is 0 Å². The standard InChI is InChI=1S/C13H18N2O3/c1-18-9-4-3-7-15(8-9)13(17)10-5-2-6-11(14)12(10)16/h2,5-6,9,16H,3-4,7-8,14H2,1H3. The molecule has 2 rings (SSSR count). The lowest BCUT2D eigenvalue weighted by Crippen LogP contribution is -2.42. The molecular weight excluding hydrogens is 232 g/mol. The van der Waals surface area contributed by atoms with Gasteiger partial charge >= 0.3 is 0 Å². The van der Waals surface area contributed by atoms with Gasteiger partial charge in [0.1, 0.15) is 0 Å². The van der Waals surface area contributed by atoms with E-state index in [1.807, 2.05) is 0 Å². The topological polar surface area (TPSA) is 75.8 Å². The summed E-state index contributed by atoms with van der Waals surface area (Å²) in [7, 11) is 1.65. The number of para-hydroxylation sites is 1. The Hall–Kier alpha value is -1.75. The van der Waals surface area contributed by atoms with Crippen LogP contribution in [0.1, 0.15) is 23.2 Å². The smallest absolute Gasteiger partial charge is 0.257 e. The lowest BCUT2D eigenvalue weighted by Gasteiger charge is -2.32. The van der Waals surface area contributed by atoms with Crippen molar-refractivity contribution in [3.05, 3.63) is 23.8 Å². The number of anilines is 1. The van der Waals surface area contributed by atoms with E-state index in [9.17, 15) is 9.90 Å². The number of nitrogens with zero attached hydrogens (tertiary/aromatic N) is 1. The number of rotatable bonds is 2. The number of benzene rings is 1. The zero-order valence-electron chi connectivity index (χ0n) is 10.4. The summed E-state index contributed by atoms with van der Waals surface area (Å²) in [5.41, 5.74) is 6.08. The van der Waals surface area contributed by atoms with Gasteiger partial charge in [0.15, 0.2) is 5.75 Å². The summed E-state index contributed by atoms with van der Waals surface area (Å²) in [6, 6.07) is 4.82. The minimum Gasteiger partial charge on any atom is -0.505 e. The van der Waals surface area contributed by atoms with Crippen LogP contribution in [0.15, 0.2) is 18.2 Å². The Morgan fingerprint density at radius 2 is 2.33 bits per heavy atom. The fourth-order valence-electron chi connectivity index (χ4n) is 2.22. The number of methoxy groups -OCH3 is 1. The molecule has 0 spiro atoms. The Morgan fingerprint density at radius 1 is 1.56 bits per heavy atom. The van der Waals surface area contributed by atoms with E-state index in [4.69, 9.17) is 10.5 Å². The van der Waals surface area contributed by atoms with Crippen molar-refractivity contribution in [3.8, 4) is 5.75 Å². The molecule has 1 amide bonds. The average molecular weight is 250 g/mol. The van der Waals surface area contributed by atoms with Gasteiger partial charge in [0.25, 0.3) is 5.91 Å². The summed E-state index contributed by atoms with van der Waals surface area (Å²) in [6.45, 7) is 1.25. The maximum absolute atomic E-state index is 12.3. The van der Waals surface area contributed by atoms with Crippen LogP contribution >= 0.6 is 0 Å². The van der Waals surface area contributed by atoms with Crippen LogP contribution in [-0.4, -0.2) is 42.2 Å². The highest BCUT2D eigenvalue weighted by Crippen LogP contribution is 2.26. The molecular formula is C13H18N2O3. The van der Waals surface area contributed by atoms with Crippen molar-refractivity contribution < 1.29 is 14.6 Å². The molecule has 0 aromatic heterocycles. The Kier molecular flexibility index (Phi) is 3.72. The van der Waals surface area contributed by atoms with E-state index in [1.54, 1.807) is 30.2 Å². The predicted molar refractivity (Wildman–Crippen MR) is 68.5 cm³/mol. The molecule has 1 aliphatic heterocycles. The second-order valence-electron chi connectivity index (χ2n) is 4.49. The van der Waals surface area contributed by atoms with E-state index < -0.39 is 0 Å². The van der Waals surface area contributed by atoms with Gasteiger partial charge in [-0.25, -0.2) is 0 Å². The largest absolute Gasteiger partial charge is 0.505 e. The molecule has 0 radical (unpaired) electrons. The molecule has 1 aromatic carbocycles. The predicted octanol–water partition coefficient (Wildman–Crippen LogP) is 1.23. The van der Waals surface area contributed by atoms with Gasteiger partial charge in [-0.05, 0) is 25.0 Å². The minimum absolute atomic E-state index is 0.0749. The Morgan fingerprint density at radius 3 is 3.06 bits per heavy atom. The normalized spacial score (nSPS) is 19.8. The third kappa shape index (κ3) is 2.41. The molecule has 1 aliphatic rings. The zero-order chi connectivity index (χ0) is 13.1. The molecule has 0 aliphatic carbocycles. The molecule has 5 heteroatoms. The van der Waals surface area contributed by atoms with Crippen LogP contribution in [0.4, 0.5) is 5.69 Å². The van der Waals surface area contributed by atoms with Crippen molar-refractivity contribution in [2.24, 2.45) is 0 Å². The van der Waals surface area contributed by atoms with Crippen molar-refractivity contribution in [1.82, 2.24) is 4.90 Å². The molecule has 0 bridgehead atoms. The van der Waals surface area contributed by atoms with E-state index in [-0.39, 0.29) is 29.0 Å². The van der Waals surface area contributed by atoms with E-state index in [1.165, 1.54) is 0 Å². The maximum atomic E-state index is 12.3. The number of nitrogen functional groups attached to an aromatic ring is 1. The number of amides is 1. The summed E-state index contributed by atoms with van der Waals surface area (Å²) in [5.74, 6) is -0.330. The maximum Gasteiger partial charge on any atom is 0.257 e. The quantitative estimate of drug-likeness (QED) is 0.611. The molecule has 1 heterocycles. The fraction of sp³-hybridized carbons (Fsp3) is 0.462. The van der Waals surface area contributed by atoms with Crippen LogP contribution in [0.2, 0.25) is 0 Å². The van der Waals surface area contributed by atoms with Crippen LogP contribution in [-0.2, 0) is 4.74 Å². The molecule has 98 valence electrons. The molecule has 1 unspecified atom stereocenters. The van der Waals surface area contributed by atoms with Crippen LogP contribution < -0.4 is 5.73 Å². The summed E-state index contributed by atoms with van der Waals surface area (Å²) in [4.78, 5) is 14.0. The van der Waals surface area contributed by atoms with E-state index >= 15 is 0 Å². The van der Waals surface area contributed by atoms with Gasteiger partial charge in [0, 0.05) is 20.2 Å². The summed E-state index contributed by atoms with van der Waals surface area (Å²) >= 11 is 0. The van der Waals surface area contributed by atoms with Gasteiger partial charge in [-0.1, -0.05) is 6.07 Å². The number of phenols is 1. The highest BCUT2D eigenvalue weighted by molar-refractivity contribution is 5.98. The fourth-order valence-corrected chi connectivity index (χ4v) is 2.22. The Labute approximate surface area is 106 Å². The molecule has 1 saturated heterocycles. The van der Waals surface area contributed by atoms with Crippen LogP contribution in [0.5, 0.6) is 5.75 Å². The van der Waals surface area contributed by atoms with Crippen molar-refractivity contribution >= 4 is 11.6 Å². The molecule has 3 N–H and O–H groups in total. The van der Waals surface area contributed by atoms with Gasteiger partial charge in [0.05, 0.1) is 17.4 Å². The third-order valence-electron chi connectivity index (χ3n) is 3.30. The minimum atomic E-state index is -0.193. The van der Waals surface area contributed by atoms with Gasteiger partial charge in [0.2, 0.25) is 0 Å². The summed E-state index contributed by atoms with van der Waals surface area (Å²) < 4.78 is 5.28. The molecule has 1 atom stereocenters. The van der Waals surface area contributed by atoms with Crippen LogP contribution in [0, 0.1) is 0 Å². The van der Waals surface area contributed by atoms with Gasteiger partial charge in [-0.15, -0.1) is 0 Å². The number of piperidine rings is 1. The van der Waals surface area contributed by atoms with Crippen LogP contribution in [0.25, 0.3) is 0 Å². The molecule has 0 saturated carbocycles. The van der Waals surface area contributed by atoms with E-state index in [0.717, 1.165) is 12.8 Å². The number of aromatic hydroxyl groups is 1. The third-order valence-corrected chi connectivity index (χ3v) is 3.30. The first-order valence-corrected chi connectivity index (χ1v) is 6.03. The molecule has 1 fully saturated rings. The van der Waals surface area contributed by atoms with Gasteiger partial charge in [-0.3, -0.25) is 4.79 Å². The lowest BCUT2D eigenvalue weighted by molar-refractivity contribution is 0.0267. The molecule has 18 heavy (non-hydrogen) atoms. The number of likely N-dealkylation sites (tertiary alicyclic amines) is 1. The lowest BCUT2D eigenvalue weighted by atomic mass is 10.1. The highest BCUT2D eigenvalue weighted by Gasteiger charge is 2.26. The molecule has 1 aromatic rings. The second-order valence-corrected chi connectivity index (χ2v) is 4.49. The average Bonchev–Trinajstić information content (AvgIpc) is 2.41. The number of nitrogens with two attached hydrogens (primary N) is 1. The summed E-state index contributed by atoms with van der Waals surface area (Å²) in [5, 5.41) is 9.82. The number of carbonyl (C=O) groups is 1. The van der Waals surface area contributed by atoms with Crippen molar-refractivity contribution in [2.75, 3.05) is 25.9 Å². The highest BCUT2D eigenvalue weighted by atomic mass is 16.5. The summed E-state index contributed by atoms with van der Waals surface area (Å²) in [6.07, 6.45) is 1.95. The first kappa shape index (κ1) is 12.7. The number of phenolic OH excluding ortho intramolecular Hbond substituents is 1. The second kappa shape index (κ2) is 5.27. The number of hydrogen-bond donors (Lipinski definition) is 2. The SMILES string of the molecule is COC1CCCN(C(=O)c2cccc(N)c2O)C1. The van der Waals surface area contributed by atoms with Gasteiger partial charge in [-0.2, -0.15) is 0 Å². The zero-order valence-corrected chi connectivity index (χ0v) is 10.4. The van der Waals surface area contributed by atoms with E-state index in [2.05, 4.69) is 0 Å². The Balaban J connectivity index is 2.18. The van der Waals surface area contributed by atoms with Gasteiger partial charge < -0.3 is 20.5 Å². The van der Waals surface area contributed by atoms with Crippen molar-refractivity contribution in [3.63, 3.8) is 0 Å². The van der Waals surface area contributed by atoms with Crippen LogP contribution in [0.3, 0.4) is 0 Å².